The molecule has 1 aliphatic carbocycles. The Labute approximate surface area is 60.6 Å². The van der Waals surface area contributed by atoms with Crippen LogP contribution in [0.4, 0.5) is 0 Å². The number of nitriles is 1. The van der Waals surface area contributed by atoms with Gasteiger partial charge in [0.2, 0.25) is 0 Å². The molecule has 52 valence electrons. The van der Waals surface area contributed by atoms with Crippen LogP contribution in [0.1, 0.15) is 13.3 Å². The van der Waals surface area contributed by atoms with E-state index >= 15 is 0 Å². The summed E-state index contributed by atoms with van der Waals surface area (Å²) in [5, 5.41) is 8.51. The Balaban J connectivity index is 2.81. The van der Waals surface area contributed by atoms with Crippen LogP contribution < -0.4 is 5.73 Å². The predicted molar refractivity (Wildman–Crippen MR) is 39.7 cm³/mol. The van der Waals surface area contributed by atoms with E-state index < -0.39 is 0 Å². The average Bonchev–Trinajstić information content (AvgIpc) is 1.95. The minimum absolute atomic E-state index is 0.333. The van der Waals surface area contributed by atoms with Gasteiger partial charge in [0.1, 0.15) is 0 Å². The summed E-state index contributed by atoms with van der Waals surface area (Å²) < 4.78 is 0. The molecule has 10 heavy (non-hydrogen) atoms. The topological polar surface area (TPSA) is 49.8 Å². The highest BCUT2D eigenvalue weighted by Crippen LogP contribution is 2.20. The van der Waals surface area contributed by atoms with E-state index in [1.807, 2.05) is 13.0 Å². The van der Waals surface area contributed by atoms with Crippen molar-refractivity contribution in [1.29, 1.82) is 5.26 Å². The van der Waals surface area contributed by atoms with E-state index in [-0.39, 0.29) is 0 Å². The minimum Gasteiger partial charge on any atom is -0.402 e. The molecule has 0 amide bonds. The van der Waals surface area contributed by atoms with Crippen LogP contribution in [0.3, 0.4) is 0 Å². The largest absolute Gasteiger partial charge is 0.402 e. The highest BCUT2D eigenvalue weighted by atomic mass is 14.6. The SMILES string of the molecule is CC1CC(C#N)=CC=C1N. The van der Waals surface area contributed by atoms with Gasteiger partial charge in [-0.2, -0.15) is 5.26 Å². The quantitative estimate of drug-likeness (QED) is 0.543. The molecule has 0 heterocycles. The van der Waals surface area contributed by atoms with Crippen molar-refractivity contribution >= 4 is 0 Å². The molecule has 1 unspecified atom stereocenters. The Morgan fingerprint density at radius 1 is 1.70 bits per heavy atom. The Hall–Kier alpha value is -1.23. The first kappa shape index (κ1) is 6.88. The molecule has 0 aromatic heterocycles. The van der Waals surface area contributed by atoms with Crippen LogP contribution in [0.5, 0.6) is 0 Å². The predicted octanol–water partition coefficient (Wildman–Crippen LogP) is 1.32. The molecule has 0 spiro atoms. The Kier molecular flexibility index (Phi) is 1.77. The molecule has 0 saturated heterocycles. The van der Waals surface area contributed by atoms with Gasteiger partial charge in [-0.25, -0.2) is 0 Å². The number of rotatable bonds is 0. The van der Waals surface area contributed by atoms with E-state index in [0.717, 1.165) is 17.7 Å². The molecule has 2 N–H and O–H groups in total. The standard InChI is InChI=1S/C8H10N2/c1-6-4-7(5-9)2-3-8(6)10/h2-3,6H,4,10H2,1H3. The van der Waals surface area contributed by atoms with Gasteiger partial charge in [-0.15, -0.1) is 0 Å². The van der Waals surface area contributed by atoms with Gasteiger partial charge in [0.05, 0.1) is 6.07 Å². The average molecular weight is 134 g/mol. The molecule has 0 fully saturated rings. The van der Waals surface area contributed by atoms with Gasteiger partial charge in [-0.3, -0.25) is 0 Å². The fourth-order valence-electron chi connectivity index (χ4n) is 0.960. The minimum atomic E-state index is 0.333. The maximum absolute atomic E-state index is 8.51. The first-order chi connectivity index (χ1) is 4.74. The van der Waals surface area contributed by atoms with Crippen LogP contribution in [0.2, 0.25) is 0 Å². The zero-order valence-electron chi connectivity index (χ0n) is 5.96. The summed E-state index contributed by atoms with van der Waals surface area (Å²) in [7, 11) is 0. The number of hydrogen-bond acceptors (Lipinski definition) is 2. The van der Waals surface area contributed by atoms with Crippen LogP contribution in [0.25, 0.3) is 0 Å². The highest BCUT2D eigenvalue weighted by Gasteiger charge is 2.10. The number of allylic oxidation sites excluding steroid dienone is 4. The van der Waals surface area contributed by atoms with E-state index in [4.69, 9.17) is 11.0 Å². The van der Waals surface area contributed by atoms with Gasteiger partial charge in [0, 0.05) is 17.2 Å². The fraction of sp³-hybridized carbons (Fsp3) is 0.375. The normalized spacial score (nSPS) is 24.6. The van der Waals surface area contributed by atoms with Crippen molar-refractivity contribution < 1.29 is 0 Å². The van der Waals surface area contributed by atoms with Gasteiger partial charge in [-0.1, -0.05) is 6.92 Å². The Morgan fingerprint density at radius 2 is 2.40 bits per heavy atom. The van der Waals surface area contributed by atoms with Gasteiger partial charge in [-0.05, 0) is 18.6 Å². The summed E-state index contributed by atoms with van der Waals surface area (Å²) in [6.07, 6.45) is 4.39. The van der Waals surface area contributed by atoms with E-state index in [1.165, 1.54) is 0 Å². The van der Waals surface area contributed by atoms with Crippen LogP contribution in [-0.4, -0.2) is 0 Å². The first-order valence-corrected chi connectivity index (χ1v) is 3.30. The summed E-state index contributed by atoms with van der Waals surface area (Å²) in [4.78, 5) is 0. The molecule has 0 saturated carbocycles. The summed E-state index contributed by atoms with van der Waals surface area (Å²) >= 11 is 0. The zero-order valence-corrected chi connectivity index (χ0v) is 5.96. The van der Waals surface area contributed by atoms with Crippen molar-refractivity contribution in [2.75, 3.05) is 0 Å². The lowest BCUT2D eigenvalue weighted by Crippen LogP contribution is -2.11. The van der Waals surface area contributed by atoms with E-state index in [9.17, 15) is 0 Å². The summed E-state index contributed by atoms with van der Waals surface area (Å²) in [5.74, 6) is 0.333. The molecule has 0 radical (unpaired) electrons. The number of hydrogen-bond donors (Lipinski definition) is 1. The molecule has 0 aromatic rings. The summed E-state index contributed by atoms with van der Waals surface area (Å²) in [6, 6.07) is 2.12. The van der Waals surface area contributed by atoms with Gasteiger partial charge >= 0.3 is 0 Å². The molecule has 1 aliphatic rings. The van der Waals surface area contributed by atoms with Crippen molar-refractivity contribution in [2.45, 2.75) is 13.3 Å². The summed E-state index contributed by atoms with van der Waals surface area (Å²) in [6.45, 7) is 2.02. The van der Waals surface area contributed by atoms with E-state index in [2.05, 4.69) is 6.07 Å². The molecule has 1 atom stereocenters. The highest BCUT2D eigenvalue weighted by molar-refractivity contribution is 5.32. The lowest BCUT2D eigenvalue weighted by molar-refractivity contribution is 0.664. The molecule has 0 bridgehead atoms. The second-order valence-corrected chi connectivity index (χ2v) is 2.58. The third kappa shape index (κ3) is 1.19. The second kappa shape index (κ2) is 2.57. The van der Waals surface area contributed by atoms with Gasteiger partial charge in [0.15, 0.2) is 0 Å². The third-order valence-electron chi connectivity index (χ3n) is 1.72. The molecular weight excluding hydrogens is 124 g/mol. The van der Waals surface area contributed by atoms with Crippen LogP contribution >= 0.6 is 0 Å². The third-order valence-corrected chi connectivity index (χ3v) is 1.72. The maximum Gasteiger partial charge on any atom is 0.0947 e. The molecule has 0 aromatic carbocycles. The van der Waals surface area contributed by atoms with E-state index in [0.29, 0.717) is 5.92 Å². The van der Waals surface area contributed by atoms with Crippen LogP contribution in [0.15, 0.2) is 23.4 Å². The smallest absolute Gasteiger partial charge is 0.0947 e. The first-order valence-electron chi connectivity index (χ1n) is 3.30. The second-order valence-electron chi connectivity index (χ2n) is 2.58. The van der Waals surface area contributed by atoms with Crippen molar-refractivity contribution in [3.05, 3.63) is 23.4 Å². The van der Waals surface area contributed by atoms with E-state index in [1.54, 1.807) is 6.08 Å². The molecule has 0 aliphatic heterocycles. The molecule has 2 heteroatoms. The van der Waals surface area contributed by atoms with Crippen molar-refractivity contribution in [3.8, 4) is 6.07 Å². The Morgan fingerprint density at radius 3 is 2.90 bits per heavy atom. The van der Waals surface area contributed by atoms with Crippen LogP contribution in [-0.2, 0) is 0 Å². The van der Waals surface area contributed by atoms with Gasteiger partial charge in [0.25, 0.3) is 0 Å². The van der Waals surface area contributed by atoms with Crippen molar-refractivity contribution in [3.63, 3.8) is 0 Å². The molecule has 2 nitrogen and oxygen atoms in total. The molecule has 1 rings (SSSR count). The fourth-order valence-corrected chi connectivity index (χ4v) is 0.960. The maximum atomic E-state index is 8.51. The van der Waals surface area contributed by atoms with Crippen molar-refractivity contribution in [2.24, 2.45) is 11.7 Å². The zero-order chi connectivity index (χ0) is 7.56. The monoisotopic (exact) mass is 134 g/mol. The lowest BCUT2D eigenvalue weighted by Gasteiger charge is -2.13. The van der Waals surface area contributed by atoms with Gasteiger partial charge < -0.3 is 5.73 Å². The lowest BCUT2D eigenvalue weighted by atomic mass is 9.94. The summed E-state index contributed by atoms with van der Waals surface area (Å²) in [5.41, 5.74) is 7.30. The van der Waals surface area contributed by atoms with Crippen LogP contribution in [0, 0.1) is 17.2 Å². The number of nitrogens with two attached hydrogens (primary N) is 1. The molecular formula is C8H10N2. The Bertz CT molecular complexity index is 230. The number of nitrogens with zero attached hydrogens (tertiary/aromatic N) is 1. The van der Waals surface area contributed by atoms with Crippen molar-refractivity contribution in [1.82, 2.24) is 0 Å².